The van der Waals surface area contributed by atoms with Gasteiger partial charge in [-0.3, -0.25) is 19.4 Å². The summed E-state index contributed by atoms with van der Waals surface area (Å²) in [6, 6.07) is 16.8. The van der Waals surface area contributed by atoms with Crippen LogP contribution in [-0.2, 0) is 16.0 Å². The van der Waals surface area contributed by atoms with Crippen LogP contribution in [0.4, 0.5) is 5.69 Å². The van der Waals surface area contributed by atoms with E-state index in [0.29, 0.717) is 47.2 Å². The van der Waals surface area contributed by atoms with E-state index in [1.54, 1.807) is 53.7 Å². The first-order valence-electron chi connectivity index (χ1n) is 12.8. The normalized spacial score (nSPS) is 14.2. The van der Waals surface area contributed by atoms with Crippen LogP contribution in [-0.4, -0.2) is 66.4 Å². The highest BCUT2D eigenvalue weighted by atomic mass is 35.5. The van der Waals surface area contributed by atoms with Crippen LogP contribution in [0.2, 0.25) is 10.0 Å². The molecule has 4 aromatic rings. The molecule has 206 valence electrons. The molecule has 0 unspecified atom stereocenters. The number of carbonyl (C=O) groups is 3. The lowest BCUT2D eigenvalue weighted by atomic mass is 10.1. The highest BCUT2D eigenvalue weighted by molar-refractivity contribution is 6.31. The van der Waals surface area contributed by atoms with Gasteiger partial charge in [-0.05, 0) is 66.2 Å². The summed E-state index contributed by atoms with van der Waals surface area (Å²) in [7, 11) is 0. The van der Waals surface area contributed by atoms with Gasteiger partial charge in [-0.25, -0.2) is 0 Å². The fraction of sp³-hybridized carbons (Fsp3) is 0.241. The molecule has 2 aromatic carbocycles. The van der Waals surface area contributed by atoms with Gasteiger partial charge in [-0.15, -0.1) is 0 Å². The molecule has 3 amide bonds. The van der Waals surface area contributed by atoms with Crippen LogP contribution in [0, 0.1) is 0 Å². The van der Waals surface area contributed by atoms with Crippen molar-refractivity contribution in [3.63, 3.8) is 0 Å². The zero-order chi connectivity index (χ0) is 28.1. The number of benzene rings is 2. The molecule has 1 fully saturated rings. The first-order chi connectivity index (χ1) is 19.4. The third-order valence-electron chi connectivity index (χ3n) is 6.75. The summed E-state index contributed by atoms with van der Waals surface area (Å²) in [4.78, 5) is 47.1. The van der Waals surface area contributed by atoms with Crippen molar-refractivity contribution in [3.8, 4) is 0 Å². The summed E-state index contributed by atoms with van der Waals surface area (Å²) < 4.78 is 5.66. The van der Waals surface area contributed by atoms with E-state index in [1.165, 1.54) is 0 Å². The summed E-state index contributed by atoms with van der Waals surface area (Å²) in [5.74, 6) is -1.16. The second kappa shape index (κ2) is 12.4. The highest BCUT2D eigenvalue weighted by Crippen LogP contribution is 2.23. The Kier molecular flexibility index (Phi) is 8.52. The number of amides is 3. The van der Waals surface area contributed by atoms with Gasteiger partial charge in [0.2, 0.25) is 11.8 Å². The van der Waals surface area contributed by atoms with Crippen molar-refractivity contribution in [1.82, 2.24) is 20.5 Å². The Balaban J connectivity index is 1.20. The van der Waals surface area contributed by atoms with Crippen molar-refractivity contribution in [2.45, 2.75) is 12.5 Å². The lowest BCUT2D eigenvalue weighted by Gasteiger charge is -2.36. The predicted octanol–water partition coefficient (Wildman–Crippen LogP) is 3.94. The van der Waals surface area contributed by atoms with Crippen LogP contribution in [0.25, 0.3) is 11.0 Å². The molecule has 1 aliphatic heterocycles. The number of hydrogen-bond donors (Lipinski definition) is 2. The Bertz CT molecular complexity index is 1500. The third kappa shape index (κ3) is 6.73. The molecular weight excluding hydrogens is 553 g/mol. The Hall–Kier alpha value is -4.08. The lowest BCUT2D eigenvalue weighted by Crippen LogP contribution is -2.53. The predicted molar refractivity (Wildman–Crippen MR) is 154 cm³/mol. The molecule has 5 rings (SSSR count). The van der Waals surface area contributed by atoms with Crippen molar-refractivity contribution >= 4 is 57.6 Å². The molecule has 1 aliphatic rings. The number of nitrogens with one attached hydrogen (secondary N) is 2. The van der Waals surface area contributed by atoms with Crippen LogP contribution in [0.1, 0.15) is 16.1 Å². The van der Waals surface area contributed by atoms with Gasteiger partial charge in [0.15, 0.2) is 5.76 Å². The third-order valence-corrected chi connectivity index (χ3v) is 7.24. The summed E-state index contributed by atoms with van der Waals surface area (Å²) in [5.41, 5.74) is 2.36. The van der Waals surface area contributed by atoms with E-state index in [2.05, 4.69) is 20.5 Å². The van der Waals surface area contributed by atoms with Gasteiger partial charge in [-0.1, -0.05) is 23.2 Å². The molecule has 0 saturated carbocycles. The summed E-state index contributed by atoms with van der Waals surface area (Å²) >= 11 is 12.0. The number of aromatic nitrogens is 1. The van der Waals surface area contributed by atoms with Crippen LogP contribution < -0.4 is 15.5 Å². The zero-order valence-electron chi connectivity index (χ0n) is 21.5. The molecule has 0 aliphatic carbocycles. The number of fused-ring (bicyclic) bond motifs is 1. The number of nitrogens with zero attached hydrogens (tertiary/aromatic N) is 3. The average Bonchev–Trinajstić information content (AvgIpc) is 3.40. The molecule has 2 N–H and O–H groups in total. The first-order valence-corrected chi connectivity index (χ1v) is 13.6. The Morgan fingerprint density at radius 3 is 2.33 bits per heavy atom. The molecular formula is C29H27Cl2N5O4. The number of piperazine rings is 1. The number of pyridine rings is 1. The van der Waals surface area contributed by atoms with E-state index >= 15 is 0 Å². The van der Waals surface area contributed by atoms with Gasteiger partial charge in [0.25, 0.3) is 5.91 Å². The molecule has 9 nitrogen and oxygen atoms in total. The maximum atomic E-state index is 13.2. The molecule has 0 spiro atoms. The fourth-order valence-electron chi connectivity index (χ4n) is 4.58. The van der Waals surface area contributed by atoms with E-state index in [4.69, 9.17) is 27.6 Å². The fourth-order valence-corrected chi connectivity index (χ4v) is 4.89. The first kappa shape index (κ1) is 27.5. The smallest absolute Gasteiger partial charge is 0.287 e. The number of carbonyl (C=O) groups excluding carboxylic acids is 3. The van der Waals surface area contributed by atoms with Crippen LogP contribution in [0.15, 0.2) is 77.5 Å². The maximum absolute atomic E-state index is 13.2. The van der Waals surface area contributed by atoms with E-state index in [0.717, 1.165) is 11.3 Å². The van der Waals surface area contributed by atoms with E-state index in [1.807, 2.05) is 24.3 Å². The quantitative estimate of drug-likeness (QED) is 0.327. The van der Waals surface area contributed by atoms with E-state index in [9.17, 15) is 14.4 Å². The molecule has 0 radical (unpaired) electrons. The summed E-state index contributed by atoms with van der Waals surface area (Å²) in [5, 5.41) is 7.32. The van der Waals surface area contributed by atoms with E-state index in [-0.39, 0.29) is 24.6 Å². The van der Waals surface area contributed by atoms with Gasteiger partial charge in [-0.2, -0.15) is 0 Å². The van der Waals surface area contributed by atoms with Crippen molar-refractivity contribution < 1.29 is 18.8 Å². The summed E-state index contributed by atoms with van der Waals surface area (Å²) in [6.45, 7) is 2.23. The zero-order valence-corrected chi connectivity index (χ0v) is 23.0. The van der Waals surface area contributed by atoms with Gasteiger partial charge in [0, 0.05) is 66.1 Å². The van der Waals surface area contributed by atoms with Gasteiger partial charge >= 0.3 is 0 Å². The van der Waals surface area contributed by atoms with Crippen molar-refractivity contribution in [3.05, 3.63) is 94.4 Å². The van der Waals surface area contributed by atoms with E-state index < -0.39 is 17.9 Å². The topological polar surface area (TPSA) is 108 Å². The lowest BCUT2D eigenvalue weighted by molar-refractivity contribution is -0.133. The monoisotopic (exact) mass is 579 g/mol. The SMILES string of the molecule is O=C(N[C@@H](Cc1ccncc1)C(=O)NCC(=O)N1CCN(c2ccc(Cl)cc2)CC1)c1cc2cc(Cl)ccc2o1. The number of rotatable bonds is 8. The van der Waals surface area contributed by atoms with Crippen molar-refractivity contribution in [2.75, 3.05) is 37.6 Å². The second-order valence-corrected chi connectivity index (χ2v) is 10.3. The van der Waals surface area contributed by atoms with Gasteiger partial charge in [0.1, 0.15) is 11.6 Å². The van der Waals surface area contributed by atoms with Crippen LogP contribution in [0.3, 0.4) is 0 Å². The molecule has 0 bridgehead atoms. The Morgan fingerprint density at radius 1 is 0.900 bits per heavy atom. The maximum Gasteiger partial charge on any atom is 0.287 e. The Morgan fingerprint density at radius 2 is 1.60 bits per heavy atom. The van der Waals surface area contributed by atoms with Gasteiger partial charge in [0.05, 0.1) is 6.54 Å². The molecule has 40 heavy (non-hydrogen) atoms. The van der Waals surface area contributed by atoms with Crippen molar-refractivity contribution in [1.29, 1.82) is 0 Å². The number of furan rings is 1. The molecule has 2 aromatic heterocycles. The highest BCUT2D eigenvalue weighted by Gasteiger charge is 2.26. The molecule has 11 heteroatoms. The minimum Gasteiger partial charge on any atom is -0.451 e. The van der Waals surface area contributed by atoms with Crippen molar-refractivity contribution in [2.24, 2.45) is 0 Å². The number of hydrogen-bond acceptors (Lipinski definition) is 6. The minimum absolute atomic E-state index is 0.0550. The Labute approximate surface area is 241 Å². The van der Waals surface area contributed by atoms with Crippen LogP contribution in [0.5, 0.6) is 0 Å². The van der Waals surface area contributed by atoms with Gasteiger partial charge < -0.3 is 24.9 Å². The van der Waals surface area contributed by atoms with Crippen LogP contribution >= 0.6 is 23.2 Å². The standard InChI is InChI=1S/C29H27Cl2N5O4/c30-21-1-4-23(5-2-21)35-11-13-36(14-12-35)27(37)18-33-28(38)24(15-19-7-9-32-10-8-19)34-29(39)26-17-20-16-22(31)3-6-25(20)40-26/h1-10,16-17,24H,11-15,18H2,(H,33,38)(H,34,39)/t24-/m0/s1. The molecule has 3 heterocycles. The number of anilines is 1. The summed E-state index contributed by atoms with van der Waals surface area (Å²) in [6.07, 6.45) is 3.44. The molecule has 1 saturated heterocycles. The largest absolute Gasteiger partial charge is 0.451 e. The minimum atomic E-state index is -0.943. The molecule has 1 atom stereocenters. The number of halogens is 2. The second-order valence-electron chi connectivity index (χ2n) is 9.44. The average molecular weight is 580 g/mol.